The van der Waals surface area contributed by atoms with Gasteiger partial charge in [-0.15, -0.1) is 0 Å². The number of benzene rings is 2. The van der Waals surface area contributed by atoms with Gasteiger partial charge in [-0.05, 0) is 42.8 Å². The van der Waals surface area contributed by atoms with Gasteiger partial charge < -0.3 is 10.6 Å². The molecular weight excluding hydrogens is 333 g/mol. The molecular formula is C16H17ClFN5O. The van der Waals surface area contributed by atoms with Crippen molar-refractivity contribution in [2.75, 3.05) is 10.6 Å². The minimum absolute atomic E-state index is 0.263. The van der Waals surface area contributed by atoms with Crippen LogP contribution < -0.4 is 27.0 Å². The zero-order chi connectivity index (χ0) is 17.1. The molecule has 126 valence electrons. The standard InChI is InChI=1S/C16H17ClFN5O/c1-9-5-6-12(8-13(9)17)20-16(24)14-15(22-23-21-14)19-11-4-2-3-10(18)7-11/h2-8,14-15,19,21-23H,1H3,(H,20,24). The molecule has 2 aromatic carbocycles. The Kier molecular flexibility index (Phi) is 4.96. The lowest BCUT2D eigenvalue weighted by atomic mass is 10.2. The zero-order valence-corrected chi connectivity index (χ0v) is 13.6. The van der Waals surface area contributed by atoms with E-state index in [2.05, 4.69) is 27.0 Å². The Labute approximate surface area is 143 Å². The second-order valence-electron chi connectivity index (χ2n) is 5.48. The third-order valence-corrected chi connectivity index (χ3v) is 4.06. The molecule has 8 heteroatoms. The topological polar surface area (TPSA) is 77.2 Å². The van der Waals surface area contributed by atoms with Crippen LogP contribution in [0.5, 0.6) is 0 Å². The third kappa shape index (κ3) is 3.82. The van der Waals surface area contributed by atoms with Crippen molar-refractivity contribution in [3.8, 4) is 0 Å². The molecule has 1 fully saturated rings. The highest BCUT2D eigenvalue weighted by Crippen LogP contribution is 2.20. The summed E-state index contributed by atoms with van der Waals surface area (Å²) >= 11 is 6.07. The van der Waals surface area contributed by atoms with E-state index in [0.717, 1.165) is 5.56 Å². The average Bonchev–Trinajstić information content (AvgIpc) is 2.99. The Morgan fingerprint density at radius 3 is 2.75 bits per heavy atom. The summed E-state index contributed by atoms with van der Waals surface area (Å²) in [6.45, 7) is 1.89. The molecule has 0 aliphatic carbocycles. The number of nitrogens with one attached hydrogen (secondary N) is 5. The van der Waals surface area contributed by atoms with Crippen LogP contribution in [0.1, 0.15) is 5.56 Å². The molecule has 0 bridgehead atoms. The molecule has 0 spiro atoms. The Bertz CT molecular complexity index is 757. The van der Waals surface area contributed by atoms with Gasteiger partial charge in [0, 0.05) is 16.4 Å². The lowest BCUT2D eigenvalue weighted by Crippen LogP contribution is -2.47. The molecule has 6 nitrogen and oxygen atoms in total. The zero-order valence-electron chi connectivity index (χ0n) is 12.9. The Balaban J connectivity index is 1.68. The number of anilines is 2. The number of halogens is 2. The summed E-state index contributed by atoms with van der Waals surface area (Å²) < 4.78 is 13.3. The fourth-order valence-electron chi connectivity index (χ4n) is 2.35. The molecule has 2 unspecified atom stereocenters. The summed E-state index contributed by atoms with van der Waals surface area (Å²) in [5, 5.41) is 6.44. The molecule has 1 heterocycles. The van der Waals surface area contributed by atoms with Gasteiger partial charge in [-0.1, -0.05) is 23.7 Å². The van der Waals surface area contributed by atoms with Crippen molar-refractivity contribution in [3.63, 3.8) is 0 Å². The highest BCUT2D eigenvalue weighted by molar-refractivity contribution is 6.31. The smallest absolute Gasteiger partial charge is 0.246 e. The van der Waals surface area contributed by atoms with Gasteiger partial charge in [0.2, 0.25) is 5.91 Å². The van der Waals surface area contributed by atoms with Gasteiger partial charge in [0.25, 0.3) is 0 Å². The minimum atomic E-state index is -0.617. The van der Waals surface area contributed by atoms with Crippen LogP contribution in [0.3, 0.4) is 0 Å². The van der Waals surface area contributed by atoms with E-state index < -0.39 is 12.2 Å². The molecule has 1 aliphatic rings. The van der Waals surface area contributed by atoms with Crippen molar-refractivity contribution < 1.29 is 9.18 Å². The van der Waals surface area contributed by atoms with Crippen LogP contribution in [0.25, 0.3) is 0 Å². The second kappa shape index (κ2) is 7.14. The van der Waals surface area contributed by atoms with Gasteiger partial charge in [0.15, 0.2) is 0 Å². The first-order chi connectivity index (χ1) is 11.5. The van der Waals surface area contributed by atoms with Crippen LogP contribution in [0.2, 0.25) is 5.02 Å². The summed E-state index contributed by atoms with van der Waals surface area (Å²) in [4.78, 5) is 12.5. The minimum Gasteiger partial charge on any atom is -0.367 e. The number of hydrogen-bond donors (Lipinski definition) is 5. The van der Waals surface area contributed by atoms with Crippen LogP contribution >= 0.6 is 11.6 Å². The summed E-state index contributed by atoms with van der Waals surface area (Å²) in [6, 6.07) is 10.7. The summed E-state index contributed by atoms with van der Waals surface area (Å²) in [7, 11) is 0. The molecule has 0 saturated carbocycles. The molecule has 2 aromatic rings. The average molecular weight is 350 g/mol. The van der Waals surface area contributed by atoms with Gasteiger partial charge in [-0.25, -0.2) is 15.2 Å². The van der Waals surface area contributed by atoms with Crippen molar-refractivity contribution in [2.45, 2.75) is 19.1 Å². The van der Waals surface area contributed by atoms with Crippen LogP contribution in [-0.2, 0) is 4.79 Å². The maximum absolute atomic E-state index is 13.3. The largest absolute Gasteiger partial charge is 0.367 e. The number of amides is 1. The molecule has 3 rings (SSSR count). The van der Waals surface area contributed by atoms with E-state index in [1.165, 1.54) is 12.1 Å². The first-order valence-electron chi connectivity index (χ1n) is 7.38. The second-order valence-corrected chi connectivity index (χ2v) is 5.88. The molecule has 24 heavy (non-hydrogen) atoms. The number of rotatable bonds is 4. The molecule has 1 amide bonds. The van der Waals surface area contributed by atoms with Gasteiger partial charge in [0.05, 0.1) is 0 Å². The van der Waals surface area contributed by atoms with Crippen LogP contribution in [-0.4, -0.2) is 18.1 Å². The highest BCUT2D eigenvalue weighted by atomic mass is 35.5. The molecule has 1 saturated heterocycles. The summed E-state index contributed by atoms with van der Waals surface area (Å²) in [5.74, 6) is -0.615. The Morgan fingerprint density at radius 2 is 2.00 bits per heavy atom. The summed E-state index contributed by atoms with van der Waals surface area (Å²) in [5.41, 5.74) is 10.5. The Morgan fingerprint density at radius 1 is 1.17 bits per heavy atom. The number of hydrogen-bond acceptors (Lipinski definition) is 5. The molecule has 2 atom stereocenters. The SMILES string of the molecule is Cc1ccc(NC(=O)C2NNNC2Nc2cccc(F)c2)cc1Cl. The van der Waals surface area contributed by atoms with E-state index in [1.54, 1.807) is 24.3 Å². The maximum Gasteiger partial charge on any atom is 0.246 e. The van der Waals surface area contributed by atoms with E-state index in [0.29, 0.717) is 16.4 Å². The number of carbonyl (C=O) groups excluding carboxylic acids is 1. The van der Waals surface area contributed by atoms with E-state index in [4.69, 9.17) is 11.6 Å². The maximum atomic E-state index is 13.3. The van der Waals surface area contributed by atoms with Crippen molar-refractivity contribution in [1.82, 2.24) is 16.4 Å². The highest BCUT2D eigenvalue weighted by Gasteiger charge is 2.32. The Hall–Kier alpha value is -2.19. The first-order valence-corrected chi connectivity index (χ1v) is 7.76. The first kappa shape index (κ1) is 16.7. The third-order valence-electron chi connectivity index (χ3n) is 3.66. The van der Waals surface area contributed by atoms with Crippen LogP contribution in [0.15, 0.2) is 42.5 Å². The molecule has 0 aromatic heterocycles. The molecule has 0 radical (unpaired) electrons. The van der Waals surface area contributed by atoms with Gasteiger partial charge in [0.1, 0.15) is 18.0 Å². The van der Waals surface area contributed by atoms with Gasteiger partial charge in [-0.3, -0.25) is 4.79 Å². The number of hydrazine groups is 2. The van der Waals surface area contributed by atoms with Crippen molar-refractivity contribution in [1.29, 1.82) is 0 Å². The van der Waals surface area contributed by atoms with E-state index >= 15 is 0 Å². The molecule has 1 aliphatic heterocycles. The van der Waals surface area contributed by atoms with E-state index in [1.807, 2.05) is 13.0 Å². The monoisotopic (exact) mass is 349 g/mol. The van der Waals surface area contributed by atoms with E-state index in [9.17, 15) is 9.18 Å². The van der Waals surface area contributed by atoms with Crippen molar-refractivity contribution in [3.05, 3.63) is 58.9 Å². The number of aryl methyl sites for hydroxylation is 1. The van der Waals surface area contributed by atoms with Crippen molar-refractivity contribution in [2.24, 2.45) is 0 Å². The van der Waals surface area contributed by atoms with Crippen LogP contribution in [0, 0.1) is 12.7 Å². The molecule has 5 N–H and O–H groups in total. The van der Waals surface area contributed by atoms with Crippen LogP contribution in [0.4, 0.5) is 15.8 Å². The lowest BCUT2D eigenvalue weighted by molar-refractivity contribution is -0.118. The number of carbonyl (C=O) groups is 1. The van der Waals surface area contributed by atoms with Crippen molar-refractivity contribution >= 4 is 28.9 Å². The fourth-order valence-corrected chi connectivity index (χ4v) is 2.53. The van der Waals surface area contributed by atoms with Gasteiger partial charge in [-0.2, -0.15) is 5.53 Å². The lowest BCUT2D eigenvalue weighted by Gasteiger charge is -2.20. The predicted octanol–water partition coefficient (Wildman–Crippen LogP) is 2.15. The van der Waals surface area contributed by atoms with E-state index in [-0.39, 0.29) is 11.7 Å². The quantitative estimate of drug-likeness (QED) is 0.584. The normalized spacial score (nSPS) is 20.0. The predicted molar refractivity (Wildman–Crippen MR) is 91.8 cm³/mol. The fraction of sp³-hybridized carbons (Fsp3) is 0.188. The summed E-state index contributed by atoms with van der Waals surface area (Å²) in [6.07, 6.45) is -0.465. The van der Waals surface area contributed by atoms with Gasteiger partial charge >= 0.3 is 0 Å².